The number of phenolic OH excluding ortho intramolecular Hbond substituents is 1. The van der Waals surface area contributed by atoms with E-state index in [-0.39, 0.29) is 5.41 Å². The van der Waals surface area contributed by atoms with Crippen LogP contribution < -0.4 is 0 Å². The first-order valence-electron chi connectivity index (χ1n) is 5.41. The number of benzene rings is 1. The predicted octanol–water partition coefficient (Wildman–Crippen LogP) is 2.63. The Labute approximate surface area is 90.9 Å². The summed E-state index contributed by atoms with van der Waals surface area (Å²) in [7, 11) is 0. The maximum atomic E-state index is 9.79. The highest BCUT2D eigenvalue weighted by molar-refractivity contribution is 5.40. The largest absolute Gasteiger partial charge is 0.508 e. The summed E-state index contributed by atoms with van der Waals surface area (Å²) in [5.41, 5.74) is 2.26. The summed E-state index contributed by atoms with van der Waals surface area (Å²) in [6, 6.07) is 5.86. The lowest BCUT2D eigenvalue weighted by atomic mass is 9.85. The molecule has 0 aromatic heterocycles. The van der Waals surface area contributed by atoms with Crippen LogP contribution in [0.5, 0.6) is 5.75 Å². The standard InChI is InChI=1S/C13H18O2/c1-13(2,3)11-7-9(4-5-12(11)14)6-10-8-15-10/h4-5,7,10,14H,6,8H2,1-3H3. The van der Waals surface area contributed by atoms with Crippen LogP contribution in [0.3, 0.4) is 0 Å². The second-order valence-electron chi connectivity index (χ2n) is 5.26. The Morgan fingerprint density at radius 3 is 2.60 bits per heavy atom. The van der Waals surface area contributed by atoms with Gasteiger partial charge in [-0.05, 0) is 22.6 Å². The molecular weight excluding hydrogens is 188 g/mol. The van der Waals surface area contributed by atoms with E-state index in [9.17, 15) is 5.11 Å². The monoisotopic (exact) mass is 206 g/mol. The Bertz CT molecular complexity index is 359. The first kappa shape index (κ1) is 10.5. The van der Waals surface area contributed by atoms with Gasteiger partial charge in [0.1, 0.15) is 5.75 Å². The molecule has 1 N–H and O–H groups in total. The normalized spacial score (nSPS) is 20.3. The summed E-state index contributed by atoms with van der Waals surface area (Å²) in [5, 5.41) is 9.79. The molecular formula is C13H18O2. The maximum Gasteiger partial charge on any atom is 0.119 e. The molecule has 1 aromatic carbocycles. The average molecular weight is 206 g/mol. The van der Waals surface area contributed by atoms with Crippen LogP contribution >= 0.6 is 0 Å². The summed E-state index contributed by atoms with van der Waals surface area (Å²) in [6.45, 7) is 7.21. The average Bonchev–Trinajstić information content (AvgIpc) is 2.90. The topological polar surface area (TPSA) is 32.8 Å². The molecule has 0 bridgehead atoms. The van der Waals surface area contributed by atoms with Crippen LogP contribution in [0.15, 0.2) is 18.2 Å². The second kappa shape index (κ2) is 3.53. The molecule has 0 radical (unpaired) electrons. The summed E-state index contributed by atoms with van der Waals surface area (Å²) < 4.78 is 5.21. The summed E-state index contributed by atoms with van der Waals surface area (Å²) in [5.74, 6) is 0.392. The fraction of sp³-hybridized carbons (Fsp3) is 0.538. The fourth-order valence-electron chi connectivity index (χ4n) is 1.76. The molecule has 1 unspecified atom stereocenters. The smallest absolute Gasteiger partial charge is 0.119 e. The quantitative estimate of drug-likeness (QED) is 0.754. The van der Waals surface area contributed by atoms with E-state index in [0.29, 0.717) is 11.9 Å². The highest BCUT2D eigenvalue weighted by Crippen LogP contribution is 2.32. The lowest BCUT2D eigenvalue weighted by Crippen LogP contribution is -2.12. The number of rotatable bonds is 2. The predicted molar refractivity (Wildman–Crippen MR) is 60.3 cm³/mol. The van der Waals surface area contributed by atoms with Gasteiger partial charge < -0.3 is 9.84 Å². The maximum absolute atomic E-state index is 9.79. The van der Waals surface area contributed by atoms with Gasteiger partial charge >= 0.3 is 0 Å². The minimum absolute atomic E-state index is 0.00942. The van der Waals surface area contributed by atoms with E-state index >= 15 is 0 Å². The third kappa shape index (κ3) is 2.51. The minimum Gasteiger partial charge on any atom is -0.508 e. The zero-order chi connectivity index (χ0) is 11.1. The van der Waals surface area contributed by atoms with Gasteiger partial charge in [0.2, 0.25) is 0 Å². The fourth-order valence-corrected chi connectivity index (χ4v) is 1.76. The van der Waals surface area contributed by atoms with Crippen LogP contribution in [0.25, 0.3) is 0 Å². The van der Waals surface area contributed by atoms with Crippen molar-refractivity contribution in [3.8, 4) is 5.75 Å². The molecule has 1 aliphatic heterocycles. The van der Waals surface area contributed by atoms with Crippen molar-refractivity contribution in [2.24, 2.45) is 0 Å². The molecule has 0 saturated carbocycles. The van der Waals surface area contributed by atoms with Crippen molar-refractivity contribution in [1.29, 1.82) is 0 Å². The van der Waals surface area contributed by atoms with Crippen LogP contribution in [-0.4, -0.2) is 17.8 Å². The van der Waals surface area contributed by atoms with Gasteiger partial charge in [0.15, 0.2) is 0 Å². The lowest BCUT2D eigenvalue weighted by Gasteiger charge is -2.21. The summed E-state index contributed by atoms with van der Waals surface area (Å²) in [4.78, 5) is 0. The molecule has 0 aliphatic carbocycles. The van der Waals surface area contributed by atoms with Gasteiger partial charge in [-0.25, -0.2) is 0 Å². The first-order valence-corrected chi connectivity index (χ1v) is 5.41. The molecule has 1 fully saturated rings. The number of ether oxygens (including phenoxy) is 1. The van der Waals surface area contributed by atoms with E-state index in [2.05, 4.69) is 26.8 Å². The van der Waals surface area contributed by atoms with Gasteiger partial charge in [-0.3, -0.25) is 0 Å². The number of hydrogen-bond donors (Lipinski definition) is 1. The van der Waals surface area contributed by atoms with Crippen molar-refractivity contribution in [2.75, 3.05) is 6.61 Å². The van der Waals surface area contributed by atoms with E-state index < -0.39 is 0 Å². The lowest BCUT2D eigenvalue weighted by molar-refractivity contribution is 0.407. The SMILES string of the molecule is CC(C)(C)c1cc(CC2CO2)ccc1O. The minimum atomic E-state index is -0.00942. The highest BCUT2D eigenvalue weighted by atomic mass is 16.6. The molecule has 2 nitrogen and oxygen atoms in total. The van der Waals surface area contributed by atoms with Gasteiger partial charge in [-0.15, -0.1) is 0 Å². The Kier molecular flexibility index (Phi) is 2.47. The molecule has 1 atom stereocenters. The van der Waals surface area contributed by atoms with Crippen LogP contribution in [0.1, 0.15) is 31.9 Å². The molecule has 2 heteroatoms. The van der Waals surface area contributed by atoms with Gasteiger partial charge in [0, 0.05) is 6.42 Å². The van der Waals surface area contributed by atoms with E-state index in [1.165, 1.54) is 5.56 Å². The third-order valence-corrected chi connectivity index (χ3v) is 2.73. The molecule has 1 heterocycles. The highest BCUT2D eigenvalue weighted by Gasteiger charge is 2.24. The zero-order valence-corrected chi connectivity index (χ0v) is 9.58. The van der Waals surface area contributed by atoms with Crippen molar-refractivity contribution >= 4 is 0 Å². The van der Waals surface area contributed by atoms with Crippen LogP contribution in [0, 0.1) is 0 Å². The van der Waals surface area contributed by atoms with E-state index in [1.54, 1.807) is 6.07 Å². The molecule has 0 spiro atoms. The number of aromatic hydroxyl groups is 1. The number of epoxide rings is 1. The zero-order valence-electron chi connectivity index (χ0n) is 9.58. The van der Waals surface area contributed by atoms with E-state index in [1.807, 2.05) is 6.07 Å². The molecule has 15 heavy (non-hydrogen) atoms. The van der Waals surface area contributed by atoms with Crippen LogP contribution in [0.4, 0.5) is 0 Å². The van der Waals surface area contributed by atoms with Crippen molar-refractivity contribution in [3.05, 3.63) is 29.3 Å². The van der Waals surface area contributed by atoms with Gasteiger partial charge in [0.25, 0.3) is 0 Å². The summed E-state index contributed by atoms with van der Waals surface area (Å²) in [6.07, 6.45) is 1.37. The Balaban J connectivity index is 2.27. The van der Waals surface area contributed by atoms with Gasteiger partial charge in [-0.2, -0.15) is 0 Å². The molecule has 1 saturated heterocycles. The van der Waals surface area contributed by atoms with Crippen molar-refractivity contribution in [1.82, 2.24) is 0 Å². The number of hydrogen-bond acceptors (Lipinski definition) is 2. The molecule has 82 valence electrons. The Morgan fingerprint density at radius 2 is 2.07 bits per heavy atom. The third-order valence-electron chi connectivity index (χ3n) is 2.73. The van der Waals surface area contributed by atoms with Gasteiger partial charge in [-0.1, -0.05) is 32.9 Å². The van der Waals surface area contributed by atoms with Crippen molar-refractivity contribution in [3.63, 3.8) is 0 Å². The van der Waals surface area contributed by atoms with E-state index in [0.717, 1.165) is 18.6 Å². The van der Waals surface area contributed by atoms with Crippen LogP contribution in [-0.2, 0) is 16.6 Å². The molecule has 1 aliphatic rings. The first-order chi connectivity index (χ1) is 6.97. The summed E-state index contributed by atoms with van der Waals surface area (Å²) >= 11 is 0. The van der Waals surface area contributed by atoms with E-state index in [4.69, 9.17) is 4.74 Å². The Morgan fingerprint density at radius 1 is 1.40 bits per heavy atom. The van der Waals surface area contributed by atoms with Crippen molar-refractivity contribution < 1.29 is 9.84 Å². The Hall–Kier alpha value is -1.02. The molecule has 0 amide bonds. The van der Waals surface area contributed by atoms with Crippen molar-refractivity contribution in [2.45, 2.75) is 38.7 Å². The molecule has 1 aromatic rings. The molecule has 2 rings (SSSR count). The van der Waals surface area contributed by atoms with Gasteiger partial charge in [0.05, 0.1) is 12.7 Å². The number of phenols is 1. The van der Waals surface area contributed by atoms with Crippen LogP contribution in [0.2, 0.25) is 0 Å². The second-order valence-corrected chi connectivity index (χ2v) is 5.26.